The summed E-state index contributed by atoms with van der Waals surface area (Å²) in [5.74, 6) is 0.0964. The Morgan fingerprint density at radius 2 is 1.29 bits per heavy atom. The van der Waals surface area contributed by atoms with E-state index in [0.717, 1.165) is 63.7 Å². The van der Waals surface area contributed by atoms with Gasteiger partial charge in [-0.1, -0.05) is 66.7 Å². The van der Waals surface area contributed by atoms with Crippen LogP contribution in [0.1, 0.15) is 61.0 Å². The molecule has 2 saturated heterocycles. The van der Waals surface area contributed by atoms with Crippen LogP contribution < -0.4 is 10.6 Å². The van der Waals surface area contributed by atoms with Crippen molar-refractivity contribution in [3.05, 3.63) is 120 Å². The number of benzene rings is 4. The Morgan fingerprint density at radius 1 is 0.729 bits per heavy atom. The van der Waals surface area contributed by atoms with E-state index in [4.69, 9.17) is 4.74 Å². The fraction of sp³-hybridized carbons (Fsp3) is 0.273. The van der Waals surface area contributed by atoms with Gasteiger partial charge in [0.2, 0.25) is 5.91 Å². The number of hydrogen-bond acceptors (Lipinski definition) is 8. The van der Waals surface area contributed by atoms with Crippen LogP contribution in [-0.2, 0) is 19.1 Å². The molecular weight excluding hydrogens is 756 g/mol. The number of nitrogens with one attached hydrogen (secondary N) is 4. The molecule has 0 unspecified atom stereocenters. The maximum absolute atomic E-state index is 14.8. The predicted molar refractivity (Wildman–Crippen MR) is 217 cm³/mol. The average Bonchev–Trinajstić information content (AvgIpc) is 4.11. The molecule has 0 saturated carbocycles. The van der Waals surface area contributed by atoms with E-state index >= 15 is 0 Å². The highest BCUT2D eigenvalue weighted by Crippen LogP contribution is 2.36. The molecule has 0 spiro atoms. The van der Waals surface area contributed by atoms with E-state index in [1.54, 1.807) is 28.3 Å². The SMILES string of the molecule is COC(=O)NCC(=O)N1CCC[C@H]1c1ncc(-c2ccc3cc(-c4ccc(-c5cnc([C@@H]6CCCN6C(=O)[C@H](NC(=O)OC)c6ccccc6F)[nH]5)cc4)ccc3c2)[nH]1. The van der Waals surface area contributed by atoms with Gasteiger partial charge in [-0.3, -0.25) is 9.59 Å². The van der Waals surface area contributed by atoms with Crippen molar-refractivity contribution in [3.8, 4) is 33.6 Å². The summed E-state index contributed by atoms with van der Waals surface area (Å²) < 4.78 is 24.2. The standard InChI is InChI=1S/C44H43FN8O6/c1-58-43(56)48-25-38(54)52-19-5-9-36(52)40-47-24-35(50-40)31-18-17-29-21-28(15-16-30(29)22-31)26-11-13-27(14-12-26)34-23-46-41(49-34)37-10-6-20-53(37)42(55)39(51-44(57)59-2)32-7-3-4-8-33(32)45/h3-4,7-8,11-18,21-24,36-37,39H,5-6,9-10,19-20,25H2,1-2H3,(H,46,49)(H,47,50)(H,48,56)(H,51,57)/t36-,37-,39+/m0/s1. The van der Waals surface area contributed by atoms with E-state index in [1.807, 2.05) is 12.1 Å². The molecule has 6 aromatic rings. The number of alkyl carbamates (subject to hydrolysis) is 2. The van der Waals surface area contributed by atoms with Crippen LogP contribution >= 0.6 is 0 Å². The number of rotatable bonds is 10. The summed E-state index contributed by atoms with van der Waals surface area (Å²) in [4.78, 5) is 69.9. The van der Waals surface area contributed by atoms with Crippen LogP contribution in [0.4, 0.5) is 14.0 Å². The molecule has 302 valence electrons. The van der Waals surface area contributed by atoms with Crippen LogP contribution in [0.15, 0.2) is 97.3 Å². The molecule has 0 radical (unpaired) electrons. The van der Waals surface area contributed by atoms with Crippen molar-refractivity contribution < 1.29 is 33.0 Å². The highest BCUT2D eigenvalue weighted by molar-refractivity contribution is 5.91. The molecule has 0 bridgehead atoms. The molecule has 2 aliphatic rings. The first-order valence-electron chi connectivity index (χ1n) is 19.5. The fourth-order valence-corrected chi connectivity index (χ4v) is 8.05. The Hall–Kier alpha value is -7.03. The number of amides is 4. The molecule has 4 aromatic carbocycles. The minimum atomic E-state index is -1.26. The molecule has 4 heterocycles. The second-order valence-corrected chi connectivity index (χ2v) is 14.6. The van der Waals surface area contributed by atoms with Crippen molar-refractivity contribution in [3.63, 3.8) is 0 Å². The largest absolute Gasteiger partial charge is 0.453 e. The van der Waals surface area contributed by atoms with E-state index in [-0.39, 0.29) is 30.1 Å². The first kappa shape index (κ1) is 38.8. The summed E-state index contributed by atoms with van der Waals surface area (Å²) in [5.41, 5.74) is 5.70. The quantitative estimate of drug-likeness (QED) is 0.113. The number of aromatic amines is 2. The maximum Gasteiger partial charge on any atom is 0.407 e. The number of carbonyl (C=O) groups is 4. The van der Waals surface area contributed by atoms with E-state index in [2.05, 4.69) is 83.8 Å². The Kier molecular flexibility index (Phi) is 11.1. The molecule has 59 heavy (non-hydrogen) atoms. The summed E-state index contributed by atoms with van der Waals surface area (Å²) in [7, 11) is 2.45. The van der Waals surface area contributed by atoms with Gasteiger partial charge in [0.05, 0.1) is 50.1 Å². The van der Waals surface area contributed by atoms with E-state index in [9.17, 15) is 23.6 Å². The number of likely N-dealkylation sites (tertiary alicyclic amines) is 2. The van der Waals surface area contributed by atoms with E-state index in [0.29, 0.717) is 31.2 Å². The lowest BCUT2D eigenvalue weighted by atomic mass is 9.98. The van der Waals surface area contributed by atoms with Gasteiger partial charge in [0.1, 0.15) is 30.1 Å². The van der Waals surface area contributed by atoms with Crippen LogP contribution in [0, 0.1) is 5.82 Å². The molecule has 4 N–H and O–H groups in total. The molecule has 8 rings (SSSR count). The molecule has 2 aromatic heterocycles. The summed E-state index contributed by atoms with van der Waals surface area (Å²) in [6, 6.07) is 24.8. The lowest BCUT2D eigenvalue weighted by molar-refractivity contribution is -0.134. The molecule has 0 aliphatic carbocycles. The van der Waals surface area contributed by atoms with Crippen molar-refractivity contribution in [1.82, 2.24) is 40.4 Å². The number of fused-ring (bicyclic) bond motifs is 1. The normalized spacial score (nSPS) is 16.9. The molecule has 4 amide bonds. The van der Waals surface area contributed by atoms with Gasteiger partial charge in [0, 0.05) is 24.2 Å². The highest BCUT2D eigenvalue weighted by Gasteiger charge is 2.38. The topological polar surface area (TPSA) is 175 Å². The third kappa shape index (κ3) is 8.08. The van der Waals surface area contributed by atoms with Gasteiger partial charge in [0.15, 0.2) is 0 Å². The Bertz CT molecular complexity index is 2520. The molecule has 14 nitrogen and oxygen atoms in total. The summed E-state index contributed by atoms with van der Waals surface area (Å²) in [5, 5.41) is 7.12. The van der Waals surface area contributed by atoms with Gasteiger partial charge in [-0.05, 0) is 71.3 Å². The first-order chi connectivity index (χ1) is 28.7. The predicted octanol–water partition coefficient (Wildman–Crippen LogP) is 7.21. The number of ether oxygens (including phenoxy) is 2. The first-order valence-corrected chi connectivity index (χ1v) is 19.5. The summed E-state index contributed by atoms with van der Waals surface area (Å²) in [6.45, 7) is 0.893. The number of methoxy groups -OCH3 is 2. The van der Waals surface area contributed by atoms with Crippen molar-refractivity contribution >= 4 is 34.8 Å². The third-order valence-electron chi connectivity index (χ3n) is 11.1. The minimum Gasteiger partial charge on any atom is -0.453 e. The van der Waals surface area contributed by atoms with Crippen molar-refractivity contribution in [1.29, 1.82) is 0 Å². The zero-order chi connectivity index (χ0) is 41.0. The lowest BCUT2D eigenvalue weighted by Crippen LogP contribution is -2.43. The Morgan fingerprint density at radius 3 is 1.95 bits per heavy atom. The Balaban J connectivity index is 0.942. The number of hydrogen-bond donors (Lipinski definition) is 4. The summed E-state index contributed by atoms with van der Waals surface area (Å²) in [6.07, 6.45) is 5.07. The average molecular weight is 799 g/mol. The fourth-order valence-electron chi connectivity index (χ4n) is 8.05. The molecule has 3 atom stereocenters. The maximum atomic E-state index is 14.8. The van der Waals surface area contributed by atoms with Crippen LogP contribution in [0.5, 0.6) is 0 Å². The second kappa shape index (κ2) is 16.8. The van der Waals surface area contributed by atoms with Gasteiger partial charge in [-0.2, -0.15) is 0 Å². The van der Waals surface area contributed by atoms with Crippen LogP contribution in [0.3, 0.4) is 0 Å². The van der Waals surface area contributed by atoms with Crippen molar-refractivity contribution in [2.45, 2.75) is 43.8 Å². The Labute approximate surface area is 339 Å². The van der Waals surface area contributed by atoms with Gasteiger partial charge >= 0.3 is 12.2 Å². The molecular formula is C44H43FN8O6. The number of imidazole rings is 2. The summed E-state index contributed by atoms with van der Waals surface area (Å²) >= 11 is 0. The highest BCUT2D eigenvalue weighted by atomic mass is 19.1. The number of nitrogens with zero attached hydrogens (tertiary/aromatic N) is 4. The van der Waals surface area contributed by atoms with E-state index in [1.165, 1.54) is 32.4 Å². The zero-order valence-electron chi connectivity index (χ0n) is 32.5. The molecule has 15 heteroatoms. The number of halogens is 1. The monoisotopic (exact) mass is 798 g/mol. The zero-order valence-corrected chi connectivity index (χ0v) is 32.5. The van der Waals surface area contributed by atoms with Crippen LogP contribution in [-0.4, -0.2) is 87.6 Å². The van der Waals surface area contributed by atoms with Gasteiger partial charge in [0.25, 0.3) is 5.91 Å². The third-order valence-corrected chi connectivity index (χ3v) is 11.1. The van der Waals surface area contributed by atoms with Crippen molar-refractivity contribution in [2.24, 2.45) is 0 Å². The van der Waals surface area contributed by atoms with Crippen molar-refractivity contribution in [2.75, 3.05) is 33.9 Å². The van der Waals surface area contributed by atoms with E-state index < -0.39 is 30.0 Å². The number of carbonyl (C=O) groups excluding carboxylic acids is 4. The molecule has 2 fully saturated rings. The molecule has 2 aliphatic heterocycles. The van der Waals surface area contributed by atoms with Crippen LogP contribution in [0.25, 0.3) is 44.4 Å². The number of H-pyrrole nitrogens is 2. The van der Waals surface area contributed by atoms with Gasteiger partial charge in [-0.25, -0.2) is 23.9 Å². The second-order valence-electron chi connectivity index (χ2n) is 14.6. The number of aromatic nitrogens is 4. The smallest absolute Gasteiger partial charge is 0.407 e. The minimum absolute atomic E-state index is 0.0605. The van der Waals surface area contributed by atoms with Crippen LogP contribution in [0.2, 0.25) is 0 Å². The van der Waals surface area contributed by atoms with Gasteiger partial charge in [-0.15, -0.1) is 0 Å². The lowest BCUT2D eigenvalue weighted by Gasteiger charge is -2.28. The van der Waals surface area contributed by atoms with Gasteiger partial charge < -0.3 is 39.9 Å².